The Kier molecular flexibility index (Phi) is 5.65. The number of amides is 2. The quantitative estimate of drug-likeness (QED) is 0.790. The smallest absolute Gasteiger partial charge is 0.229 e. The van der Waals surface area contributed by atoms with Gasteiger partial charge in [-0.1, -0.05) is 33.3 Å². The van der Waals surface area contributed by atoms with E-state index >= 15 is 0 Å². The monoisotopic (exact) mass is 331 g/mol. The highest BCUT2D eigenvalue weighted by atomic mass is 16.2. The lowest BCUT2D eigenvalue weighted by Gasteiger charge is -2.19. The fourth-order valence-corrected chi connectivity index (χ4v) is 2.91. The Bertz CT molecular complexity index is 620. The molecule has 24 heavy (non-hydrogen) atoms. The molecule has 1 saturated carbocycles. The molecule has 1 aliphatic carbocycles. The van der Waals surface area contributed by atoms with Crippen LogP contribution >= 0.6 is 0 Å². The van der Waals surface area contributed by atoms with Crippen LogP contribution in [0.15, 0.2) is 18.2 Å². The maximum atomic E-state index is 12.3. The summed E-state index contributed by atoms with van der Waals surface area (Å²) in [5.41, 5.74) is 7.97. The van der Waals surface area contributed by atoms with E-state index in [0.29, 0.717) is 12.1 Å². The van der Waals surface area contributed by atoms with Crippen molar-refractivity contribution in [2.75, 3.05) is 10.6 Å². The Labute approximate surface area is 144 Å². The van der Waals surface area contributed by atoms with E-state index in [-0.39, 0.29) is 23.8 Å². The van der Waals surface area contributed by atoms with Gasteiger partial charge in [0.05, 0.1) is 0 Å². The third kappa shape index (κ3) is 4.81. The number of benzene rings is 1. The van der Waals surface area contributed by atoms with Crippen molar-refractivity contribution in [1.29, 1.82) is 0 Å². The Morgan fingerprint density at radius 1 is 1.21 bits per heavy atom. The molecule has 1 aliphatic rings. The molecule has 2 atom stereocenters. The van der Waals surface area contributed by atoms with Gasteiger partial charge in [-0.3, -0.25) is 9.59 Å². The summed E-state index contributed by atoms with van der Waals surface area (Å²) in [6, 6.07) is 5.69. The van der Waals surface area contributed by atoms with E-state index in [1.807, 2.05) is 45.9 Å². The second-order valence-corrected chi connectivity index (χ2v) is 7.84. The van der Waals surface area contributed by atoms with E-state index in [4.69, 9.17) is 5.73 Å². The third-order valence-electron chi connectivity index (χ3n) is 4.62. The highest BCUT2D eigenvalue weighted by molar-refractivity contribution is 5.96. The predicted molar refractivity (Wildman–Crippen MR) is 97.8 cm³/mol. The molecule has 0 heterocycles. The van der Waals surface area contributed by atoms with E-state index in [1.165, 1.54) is 0 Å². The van der Waals surface area contributed by atoms with Gasteiger partial charge in [0.2, 0.25) is 11.8 Å². The van der Waals surface area contributed by atoms with E-state index in [0.717, 1.165) is 30.5 Å². The molecule has 0 bridgehead atoms. The molecule has 0 saturated heterocycles. The van der Waals surface area contributed by atoms with Gasteiger partial charge >= 0.3 is 0 Å². The molecule has 132 valence electrons. The Morgan fingerprint density at radius 2 is 1.92 bits per heavy atom. The van der Waals surface area contributed by atoms with Gasteiger partial charge in [0.25, 0.3) is 0 Å². The van der Waals surface area contributed by atoms with Crippen molar-refractivity contribution in [3.05, 3.63) is 23.8 Å². The standard InChI is InChI=1S/C19H29N3O2/c1-12-8-9-14(21-18(24)19(2,3)4)11-16(12)22-17(23)10-13-6-5-7-15(13)20/h8-9,11,13,15H,5-7,10,20H2,1-4H3,(H,21,24)(H,22,23)/t13-,15+/m0/s1. The lowest BCUT2D eigenvalue weighted by Crippen LogP contribution is -2.28. The first-order chi connectivity index (χ1) is 11.2. The normalized spacial score (nSPS) is 20.7. The lowest BCUT2D eigenvalue weighted by atomic mass is 9.95. The minimum absolute atomic E-state index is 0.0141. The molecule has 1 aromatic carbocycles. The number of carbonyl (C=O) groups excluding carboxylic acids is 2. The summed E-state index contributed by atoms with van der Waals surface area (Å²) in [4.78, 5) is 24.4. The van der Waals surface area contributed by atoms with Crippen molar-refractivity contribution >= 4 is 23.2 Å². The van der Waals surface area contributed by atoms with Crippen molar-refractivity contribution < 1.29 is 9.59 Å². The zero-order valence-electron chi connectivity index (χ0n) is 15.1. The number of anilines is 2. The number of hydrogen-bond acceptors (Lipinski definition) is 3. The van der Waals surface area contributed by atoms with Crippen molar-refractivity contribution in [1.82, 2.24) is 0 Å². The van der Waals surface area contributed by atoms with Crippen LogP contribution in [0.1, 0.15) is 52.0 Å². The van der Waals surface area contributed by atoms with Gasteiger partial charge in [0.1, 0.15) is 0 Å². The molecule has 5 heteroatoms. The second-order valence-electron chi connectivity index (χ2n) is 7.84. The van der Waals surface area contributed by atoms with Crippen LogP contribution in [0.3, 0.4) is 0 Å². The largest absolute Gasteiger partial charge is 0.327 e. The molecular formula is C19H29N3O2. The highest BCUT2D eigenvalue weighted by Crippen LogP contribution is 2.28. The Balaban J connectivity index is 2.03. The molecule has 2 amide bonds. The van der Waals surface area contributed by atoms with Gasteiger partial charge in [-0.25, -0.2) is 0 Å². The van der Waals surface area contributed by atoms with Crippen LogP contribution in [-0.4, -0.2) is 17.9 Å². The first-order valence-corrected chi connectivity index (χ1v) is 8.64. The van der Waals surface area contributed by atoms with Gasteiger partial charge in [-0.05, 0) is 43.4 Å². The fraction of sp³-hybridized carbons (Fsp3) is 0.579. The molecule has 2 rings (SSSR count). The summed E-state index contributed by atoms with van der Waals surface area (Å²) in [6.07, 6.45) is 3.59. The fourth-order valence-electron chi connectivity index (χ4n) is 2.91. The number of hydrogen-bond donors (Lipinski definition) is 3. The van der Waals surface area contributed by atoms with E-state index in [9.17, 15) is 9.59 Å². The van der Waals surface area contributed by atoms with Gasteiger partial charge in [-0.15, -0.1) is 0 Å². The third-order valence-corrected chi connectivity index (χ3v) is 4.62. The van der Waals surface area contributed by atoms with Gasteiger partial charge in [-0.2, -0.15) is 0 Å². The molecule has 1 aromatic rings. The summed E-state index contributed by atoms with van der Waals surface area (Å²) < 4.78 is 0. The molecule has 0 aliphatic heterocycles. The van der Waals surface area contributed by atoms with E-state index in [2.05, 4.69) is 10.6 Å². The minimum atomic E-state index is -0.465. The molecule has 1 fully saturated rings. The van der Waals surface area contributed by atoms with Gasteiger partial charge < -0.3 is 16.4 Å². The number of rotatable bonds is 4. The molecular weight excluding hydrogens is 302 g/mol. The predicted octanol–water partition coefficient (Wildman–Crippen LogP) is 3.44. The summed E-state index contributed by atoms with van der Waals surface area (Å²) in [7, 11) is 0. The molecule has 0 spiro atoms. The molecule has 4 N–H and O–H groups in total. The zero-order chi connectivity index (χ0) is 17.9. The van der Waals surface area contributed by atoms with Crippen LogP contribution in [0.5, 0.6) is 0 Å². The van der Waals surface area contributed by atoms with Crippen LogP contribution < -0.4 is 16.4 Å². The maximum Gasteiger partial charge on any atom is 0.229 e. The van der Waals surface area contributed by atoms with Crippen LogP contribution in [0.2, 0.25) is 0 Å². The lowest BCUT2D eigenvalue weighted by molar-refractivity contribution is -0.123. The average Bonchev–Trinajstić information content (AvgIpc) is 2.86. The van der Waals surface area contributed by atoms with Gasteiger partial charge in [0, 0.05) is 29.3 Å². The Hall–Kier alpha value is -1.88. The summed E-state index contributed by atoms with van der Waals surface area (Å²) >= 11 is 0. The first-order valence-electron chi connectivity index (χ1n) is 8.64. The van der Waals surface area contributed by atoms with Crippen LogP contribution in [-0.2, 0) is 9.59 Å². The topological polar surface area (TPSA) is 84.2 Å². The van der Waals surface area contributed by atoms with Crippen LogP contribution in [0.25, 0.3) is 0 Å². The molecule has 5 nitrogen and oxygen atoms in total. The van der Waals surface area contributed by atoms with E-state index < -0.39 is 5.41 Å². The molecule has 0 aromatic heterocycles. The van der Waals surface area contributed by atoms with Crippen molar-refractivity contribution in [3.63, 3.8) is 0 Å². The van der Waals surface area contributed by atoms with Crippen molar-refractivity contribution in [3.8, 4) is 0 Å². The minimum Gasteiger partial charge on any atom is -0.327 e. The Morgan fingerprint density at radius 3 is 2.50 bits per heavy atom. The number of aryl methyl sites for hydroxylation is 1. The molecule has 0 radical (unpaired) electrons. The summed E-state index contributed by atoms with van der Waals surface area (Å²) in [5, 5.41) is 5.86. The highest BCUT2D eigenvalue weighted by Gasteiger charge is 2.26. The molecule has 0 unspecified atom stereocenters. The van der Waals surface area contributed by atoms with Gasteiger partial charge in [0.15, 0.2) is 0 Å². The number of nitrogens with one attached hydrogen (secondary N) is 2. The van der Waals surface area contributed by atoms with Crippen LogP contribution in [0.4, 0.5) is 11.4 Å². The first kappa shape index (κ1) is 18.5. The summed E-state index contributed by atoms with van der Waals surface area (Å²) in [6.45, 7) is 7.53. The van der Waals surface area contributed by atoms with Crippen LogP contribution in [0, 0.1) is 18.3 Å². The summed E-state index contributed by atoms with van der Waals surface area (Å²) in [5.74, 6) is 0.203. The van der Waals surface area contributed by atoms with Crippen molar-refractivity contribution in [2.24, 2.45) is 17.1 Å². The SMILES string of the molecule is Cc1ccc(NC(=O)C(C)(C)C)cc1NC(=O)C[C@@H]1CCC[C@H]1N. The van der Waals surface area contributed by atoms with E-state index in [1.54, 1.807) is 0 Å². The average molecular weight is 331 g/mol. The van der Waals surface area contributed by atoms with Crippen molar-refractivity contribution in [2.45, 2.75) is 59.4 Å². The maximum absolute atomic E-state index is 12.3. The number of carbonyl (C=O) groups is 2. The number of nitrogens with two attached hydrogens (primary N) is 1. The second kappa shape index (κ2) is 7.34. The zero-order valence-corrected chi connectivity index (χ0v) is 15.1.